The van der Waals surface area contributed by atoms with Gasteiger partial charge in [0.05, 0.1) is 5.69 Å². The van der Waals surface area contributed by atoms with Gasteiger partial charge in [0.25, 0.3) is 0 Å². The van der Waals surface area contributed by atoms with Gasteiger partial charge in [0, 0.05) is 12.3 Å². The molecule has 1 heterocycles. The lowest BCUT2D eigenvalue weighted by atomic mass is 10.1. The van der Waals surface area contributed by atoms with Crippen molar-refractivity contribution in [2.24, 2.45) is 0 Å². The molecule has 0 aliphatic rings. The SMILES string of the molecule is CC(C)c1ccc(SCCN(C)C)nn1. The summed E-state index contributed by atoms with van der Waals surface area (Å²) in [6.07, 6.45) is 0. The molecular formula is C11H19N3S. The molecule has 0 N–H and O–H groups in total. The summed E-state index contributed by atoms with van der Waals surface area (Å²) >= 11 is 1.75. The highest BCUT2D eigenvalue weighted by molar-refractivity contribution is 7.99. The minimum atomic E-state index is 0.457. The van der Waals surface area contributed by atoms with Crippen molar-refractivity contribution in [2.75, 3.05) is 26.4 Å². The molecule has 0 aromatic carbocycles. The van der Waals surface area contributed by atoms with E-state index < -0.39 is 0 Å². The molecule has 1 aromatic rings. The van der Waals surface area contributed by atoms with E-state index in [1.807, 2.05) is 0 Å². The van der Waals surface area contributed by atoms with E-state index in [0.29, 0.717) is 5.92 Å². The van der Waals surface area contributed by atoms with Gasteiger partial charge in [-0.05, 0) is 32.1 Å². The van der Waals surface area contributed by atoms with Gasteiger partial charge in [-0.15, -0.1) is 16.9 Å². The number of hydrogen-bond acceptors (Lipinski definition) is 4. The van der Waals surface area contributed by atoms with Gasteiger partial charge >= 0.3 is 0 Å². The highest BCUT2D eigenvalue weighted by Gasteiger charge is 2.02. The van der Waals surface area contributed by atoms with Crippen LogP contribution < -0.4 is 0 Å². The zero-order valence-electron chi connectivity index (χ0n) is 9.90. The molecule has 0 amide bonds. The molecule has 0 atom stereocenters. The Labute approximate surface area is 96.3 Å². The maximum Gasteiger partial charge on any atom is 0.119 e. The van der Waals surface area contributed by atoms with Crippen LogP contribution in [0.25, 0.3) is 0 Å². The number of rotatable bonds is 5. The van der Waals surface area contributed by atoms with Gasteiger partial charge in [0.15, 0.2) is 0 Å². The number of nitrogens with zero attached hydrogens (tertiary/aromatic N) is 3. The summed E-state index contributed by atoms with van der Waals surface area (Å²) in [5.41, 5.74) is 1.06. The quantitative estimate of drug-likeness (QED) is 0.719. The Kier molecular flexibility index (Phi) is 5.05. The third-order valence-corrected chi connectivity index (χ3v) is 2.94. The van der Waals surface area contributed by atoms with E-state index in [-0.39, 0.29) is 0 Å². The maximum absolute atomic E-state index is 4.19. The van der Waals surface area contributed by atoms with Crippen LogP contribution >= 0.6 is 11.8 Å². The van der Waals surface area contributed by atoms with Crippen LogP contribution in [0.2, 0.25) is 0 Å². The van der Waals surface area contributed by atoms with Gasteiger partial charge in [-0.1, -0.05) is 13.8 Å². The van der Waals surface area contributed by atoms with Crippen molar-refractivity contribution in [2.45, 2.75) is 24.8 Å². The van der Waals surface area contributed by atoms with Crippen molar-refractivity contribution in [3.05, 3.63) is 17.8 Å². The molecule has 0 bridgehead atoms. The molecule has 4 heteroatoms. The first-order valence-electron chi connectivity index (χ1n) is 5.20. The standard InChI is InChI=1S/C11H19N3S/c1-9(2)10-5-6-11(13-12-10)15-8-7-14(3)4/h5-6,9H,7-8H2,1-4H3. The van der Waals surface area contributed by atoms with Crippen LogP contribution in [0, 0.1) is 0 Å². The van der Waals surface area contributed by atoms with E-state index in [1.165, 1.54) is 0 Å². The van der Waals surface area contributed by atoms with Crippen molar-refractivity contribution in [1.29, 1.82) is 0 Å². The van der Waals surface area contributed by atoms with Crippen LogP contribution in [-0.4, -0.2) is 41.5 Å². The summed E-state index contributed by atoms with van der Waals surface area (Å²) in [5, 5.41) is 9.40. The van der Waals surface area contributed by atoms with Crippen LogP contribution in [0.15, 0.2) is 17.2 Å². The summed E-state index contributed by atoms with van der Waals surface area (Å²) in [5.74, 6) is 1.52. The second-order valence-electron chi connectivity index (χ2n) is 4.10. The van der Waals surface area contributed by atoms with Crippen molar-refractivity contribution >= 4 is 11.8 Å². The van der Waals surface area contributed by atoms with Gasteiger partial charge < -0.3 is 4.90 Å². The molecule has 0 radical (unpaired) electrons. The second kappa shape index (κ2) is 6.08. The molecule has 1 rings (SSSR count). The Bertz CT molecular complexity index is 282. The molecule has 0 aliphatic heterocycles. The highest BCUT2D eigenvalue weighted by Crippen LogP contribution is 2.16. The van der Waals surface area contributed by atoms with E-state index in [4.69, 9.17) is 0 Å². The summed E-state index contributed by atoms with van der Waals surface area (Å²) in [4.78, 5) is 2.17. The van der Waals surface area contributed by atoms with E-state index in [2.05, 4.69) is 55.2 Å². The monoisotopic (exact) mass is 225 g/mol. The lowest BCUT2D eigenvalue weighted by Gasteiger charge is -2.08. The smallest absolute Gasteiger partial charge is 0.119 e. The minimum Gasteiger partial charge on any atom is -0.309 e. The zero-order chi connectivity index (χ0) is 11.3. The normalized spacial score (nSPS) is 11.3. The first-order valence-corrected chi connectivity index (χ1v) is 6.19. The first-order chi connectivity index (χ1) is 7.09. The van der Waals surface area contributed by atoms with Gasteiger partial charge in [0.2, 0.25) is 0 Å². The third-order valence-electron chi connectivity index (χ3n) is 2.04. The zero-order valence-corrected chi connectivity index (χ0v) is 10.7. The van der Waals surface area contributed by atoms with Crippen LogP contribution in [0.4, 0.5) is 0 Å². The second-order valence-corrected chi connectivity index (χ2v) is 5.22. The topological polar surface area (TPSA) is 29.0 Å². The summed E-state index contributed by atoms with van der Waals surface area (Å²) in [7, 11) is 4.15. The molecule has 0 saturated carbocycles. The third kappa shape index (κ3) is 4.62. The van der Waals surface area contributed by atoms with E-state index in [1.54, 1.807) is 11.8 Å². The van der Waals surface area contributed by atoms with Gasteiger partial charge in [-0.2, -0.15) is 5.10 Å². The Morgan fingerprint density at radius 3 is 2.47 bits per heavy atom. The Balaban J connectivity index is 2.43. The average molecular weight is 225 g/mol. The van der Waals surface area contributed by atoms with Crippen molar-refractivity contribution in [1.82, 2.24) is 15.1 Å². The first kappa shape index (κ1) is 12.5. The van der Waals surface area contributed by atoms with Crippen molar-refractivity contribution in [3.63, 3.8) is 0 Å². The van der Waals surface area contributed by atoms with Crippen LogP contribution in [0.3, 0.4) is 0 Å². The molecule has 0 spiro atoms. The van der Waals surface area contributed by atoms with E-state index in [0.717, 1.165) is 23.0 Å². The molecule has 84 valence electrons. The lowest BCUT2D eigenvalue weighted by Crippen LogP contribution is -2.14. The Hall–Kier alpha value is -0.610. The maximum atomic E-state index is 4.19. The van der Waals surface area contributed by atoms with Gasteiger partial charge in [0.1, 0.15) is 5.03 Å². The summed E-state index contributed by atoms with van der Waals surface area (Å²) in [6, 6.07) is 4.12. The fraction of sp³-hybridized carbons (Fsp3) is 0.636. The molecule has 3 nitrogen and oxygen atoms in total. The molecule has 0 saturated heterocycles. The number of thioether (sulfide) groups is 1. The highest BCUT2D eigenvalue weighted by atomic mass is 32.2. The minimum absolute atomic E-state index is 0.457. The summed E-state index contributed by atoms with van der Waals surface area (Å²) < 4.78 is 0. The Morgan fingerprint density at radius 2 is 2.00 bits per heavy atom. The fourth-order valence-corrected chi connectivity index (χ4v) is 1.98. The van der Waals surface area contributed by atoms with Gasteiger partial charge in [-0.3, -0.25) is 0 Å². The predicted molar refractivity (Wildman–Crippen MR) is 65.4 cm³/mol. The molecule has 0 unspecified atom stereocenters. The van der Waals surface area contributed by atoms with E-state index >= 15 is 0 Å². The number of aromatic nitrogens is 2. The fourth-order valence-electron chi connectivity index (χ4n) is 1.05. The predicted octanol–water partition coefficient (Wildman–Crippen LogP) is 2.25. The van der Waals surface area contributed by atoms with Crippen LogP contribution in [-0.2, 0) is 0 Å². The molecule has 0 aliphatic carbocycles. The molecule has 1 aromatic heterocycles. The van der Waals surface area contributed by atoms with Crippen molar-refractivity contribution in [3.8, 4) is 0 Å². The average Bonchev–Trinajstić information content (AvgIpc) is 2.18. The molecular weight excluding hydrogens is 206 g/mol. The molecule has 15 heavy (non-hydrogen) atoms. The van der Waals surface area contributed by atoms with Crippen LogP contribution in [0.5, 0.6) is 0 Å². The number of hydrogen-bond donors (Lipinski definition) is 0. The lowest BCUT2D eigenvalue weighted by molar-refractivity contribution is 0.437. The largest absolute Gasteiger partial charge is 0.309 e. The Morgan fingerprint density at radius 1 is 1.27 bits per heavy atom. The van der Waals surface area contributed by atoms with Gasteiger partial charge in [-0.25, -0.2) is 0 Å². The summed E-state index contributed by atoms with van der Waals surface area (Å²) in [6.45, 7) is 5.32. The van der Waals surface area contributed by atoms with E-state index in [9.17, 15) is 0 Å². The van der Waals surface area contributed by atoms with Crippen LogP contribution in [0.1, 0.15) is 25.5 Å². The molecule has 0 fully saturated rings. The van der Waals surface area contributed by atoms with Crippen molar-refractivity contribution < 1.29 is 0 Å².